The van der Waals surface area contributed by atoms with Crippen LogP contribution in [0.25, 0.3) is 0 Å². The third-order valence-corrected chi connectivity index (χ3v) is 12.7. The molecule has 0 aromatic heterocycles. The topological polar surface area (TPSA) is 26.3 Å². The summed E-state index contributed by atoms with van der Waals surface area (Å²) in [5.41, 5.74) is 2.75. The van der Waals surface area contributed by atoms with Crippen molar-refractivity contribution in [2.45, 2.75) is 119 Å². The number of carbonyl (C=O) groups excluding carboxylic acids is 1. The van der Waals surface area contributed by atoms with Crippen molar-refractivity contribution in [2.24, 2.45) is 51.2 Å². The van der Waals surface area contributed by atoms with Crippen molar-refractivity contribution in [1.82, 2.24) is 0 Å². The van der Waals surface area contributed by atoms with E-state index in [0.29, 0.717) is 34.5 Å². The maximum atomic E-state index is 12.5. The Hall–Kier alpha value is -0.790. The van der Waals surface area contributed by atoms with E-state index in [-0.39, 0.29) is 17.0 Å². The summed E-state index contributed by atoms with van der Waals surface area (Å²) < 4.78 is 6.03. The molecule has 0 bridgehead atoms. The van der Waals surface area contributed by atoms with E-state index < -0.39 is 0 Å². The summed E-state index contributed by atoms with van der Waals surface area (Å²) in [6.45, 7) is 19.9. The van der Waals surface area contributed by atoms with Gasteiger partial charge in [0, 0.05) is 12.3 Å². The molecule has 1 saturated heterocycles. The Morgan fingerprint density at radius 3 is 2.31 bits per heavy atom. The van der Waals surface area contributed by atoms with Crippen LogP contribution in [0, 0.1) is 51.2 Å². The van der Waals surface area contributed by atoms with Crippen molar-refractivity contribution in [2.75, 3.05) is 0 Å². The molecule has 0 amide bonds. The Kier molecular flexibility index (Phi) is 4.94. The number of rotatable bonds is 0. The molecule has 1 aliphatic heterocycles. The third kappa shape index (κ3) is 2.79. The molecular formula is C30H48O2. The Morgan fingerprint density at radius 1 is 0.875 bits per heavy atom. The minimum atomic E-state index is -0.354. The van der Waals surface area contributed by atoms with E-state index in [4.69, 9.17) is 4.74 Å². The lowest BCUT2D eigenvalue weighted by Crippen LogP contribution is -2.63. The molecule has 2 heteroatoms. The van der Waals surface area contributed by atoms with Crippen molar-refractivity contribution in [3.63, 3.8) is 0 Å². The first-order valence-electron chi connectivity index (χ1n) is 13.7. The van der Waals surface area contributed by atoms with Gasteiger partial charge in [0.05, 0.1) is 0 Å². The molecule has 0 spiro atoms. The second-order valence-electron chi connectivity index (χ2n) is 14.4. The van der Waals surface area contributed by atoms with Gasteiger partial charge in [-0.2, -0.15) is 0 Å². The quantitative estimate of drug-likeness (QED) is 0.282. The first-order chi connectivity index (χ1) is 14.8. The SMILES string of the molecule is C[C@H]1[C@H](C)CC[C@]2(C)CC[C@]3(C)C(=CC[C@@H]4[C@@]5(C)CCC(=O)OC(C)(C)[C@@H]5CC[C@]43C)[C@H]12. The van der Waals surface area contributed by atoms with Crippen LogP contribution < -0.4 is 0 Å². The van der Waals surface area contributed by atoms with Crippen LogP contribution in [-0.4, -0.2) is 11.6 Å². The van der Waals surface area contributed by atoms with Crippen LogP contribution in [0.4, 0.5) is 0 Å². The summed E-state index contributed by atoms with van der Waals surface area (Å²) in [5.74, 6) is 3.49. The van der Waals surface area contributed by atoms with Crippen LogP contribution in [0.1, 0.15) is 113 Å². The molecule has 180 valence electrons. The molecule has 0 radical (unpaired) electrons. The molecule has 4 fully saturated rings. The summed E-state index contributed by atoms with van der Waals surface area (Å²) in [5, 5.41) is 0. The molecule has 0 unspecified atom stereocenters. The fourth-order valence-electron chi connectivity index (χ4n) is 10.5. The van der Waals surface area contributed by atoms with Crippen LogP contribution in [0.3, 0.4) is 0 Å². The zero-order valence-electron chi connectivity index (χ0n) is 22.1. The number of ether oxygens (including phenoxy) is 1. The fraction of sp³-hybridized carbons (Fsp3) is 0.900. The van der Waals surface area contributed by atoms with Gasteiger partial charge in [0.15, 0.2) is 0 Å². The van der Waals surface area contributed by atoms with E-state index in [1.54, 1.807) is 0 Å². The molecule has 5 aliphatic rings. The second-order valence-corrected chi connectivity index (χ2v) is 14.4. The van der Waals surface area contributed by atoms with E-state index in [1.165, 1.54) is 44.9 Å². The van der Waals surface area contributed by atoms with Crippen molar-refractivity contribution < 1.29 is 9.53 Å². The number of fused-ring (bicyclic) bond motifs is 7. The molecule has 3 saturated carbocycles. The van der Waals surface area contributed by atoms with E-state index in [2.05, 4.69) is 61.5 Å². The van der Waals surface area contributed by atoms with Crippen LogP contribution >= 0.6 is 0 Å². The van der Waals surface area contributed by atoms with E-state index in [9.17, 15) is 4.79 Å². The normalized spacial score (nSPS) is 54.7. The Balaban J connectivity index is 1.60. The monoisotopic (exact) mass is 440 g/mol. The Morgan fingerprint density at radius 2 is 1.59 bits per heavy atom. The summed E-state index contributed by atoms with van der Waals surface area (Å²) in [6.07, 6.45) is 13.5. The lowest BCUT2D eigenvalue weighted by atomic mass is 9.35. The van der Waals surface area contributed by atoms with E-state index in [0.717, 1.165) is 24.2 Å². The molecule has 32 heavy (non-hydrogen) atoms. The summed E-state index contributed by atoms with van der Waals surface area (Å²) in [6, 6.07) is 0. The molecule has 0 N–H and O–H groups in total. The third-order valence-electron chi connectivity index (χ3n) is 12.7. The Bertz CT molecular complexity index is 840. The standard InChI is InChI=1S/C30H48O2/c1-19-11-14-27(5)17-18-29(7)21(25(27)20(19)2)9-10-23-28(6)15-13-24(31)32-26(3,4)22(28)12-16-30(23,29)8/h9,19-20,22-23,25H,10-18H2,1-8H3/t19-,20+,22+,23-,25+,27-,28+,29-,30-/m1/s1. The van der Waals surface area contributed by atoms with Gasteiger partial charge in [0.1, 0.15) is 5.60 Å². The Labute approximate surface area is 197 Å². The average Bonchev–Trinajstić information content (AvgIpc) is 2.79. The molecule has 9 atom stereocenters. The van der Waals surface area contributed by atoms with Gasteiger partial charge in [-0.15, -0.1) is 0 Å². The molecular weight excluding hydrogens is 392 g/mol. The highest BCUT2D eigenvalue weighted by atomic mass is 16.6. The van der Waals surface area contributed by atoms with Crippen molar-refractivity contribution in [3.05, 3.63) is 11.6 Å². The van der Waals surface area contributed by atoms with Gasteiger partial charge in [-0.3, -0.25) is 4.79 Å². The second kappa shape index (κ2) is 6.88. The minimum absolute atomic E-state index is 0.0176. The van der Waals surface area contributed by atoms with Crippen LogP contribution in [0.5, 0.6) is 0 Å². The molecule has 2 nitrogen and oxygen atoms in total. The lowest BCUT2D eigenvalue weighted by molar-refractivity contribution is -0.187. The van der Waals surface area contributed by atoms with Gasteiger partial charge in [0.2, 0.25) is 0 Å². The smallest absolute Gasteiger partial charge is 0.306 e. The van der Waals surface area contributed by atoms with E-state index in [1.807, 2.05) is 5.57 Å². The van der Waals surface area contributed by atoms with Crippen molar-refractivity contribution in [3.8, 4) is 0 Å². The number of hydrogen-bond donors (Lipinski definition) is 0. The maximum Gasteiger partial charge on any atom is 0.306 e. The summed E-state index contributed by atoms with van der Waals surface area (Å²) in [4.78, 5) is 12.5. The lowest BCUT2D eigenvalue weighted by Gasteiger charge is -2.69. The van der Waals surface area contributed by atoms with Gasteiger partial charge in [-0.25, -0.2) is 0 Å². The first kappa shape index (κ1) is 23.0. The van der Waals surface area contributed by atoms with Gasteiger partial charge >= 0.3 is 5.97 Å². The average molecular weight is 441 g/mol. The predicted molar refractivity (Wildman–Crippen MR) is 131 cm³/mol. The van der Waals surface area contributed by atoms with Crippen molar-refractivity contribution in [1.29, 1.82) is 0 Å². The highest BCUT2D eigenvalue weighted by Crippen LogP contribution is 2.74. The summed E-state index contributed by atoms with van der Waals surface area (Å²) in [7, 11) is 0. The van der Waals surface area contributed by atoms with Crippen LogP contribution in [0.15, 0.2) is 11.6 Å². The predicted octanol–water partition coefficient (Wildman–Crippen LogP) is 7.96. The largest absolute Gasteiger partial charge is 0.459 e. The molecule has 4 aliphatic carbocycles. The highest BCUT2D eigenvalue weighted by molar-refractivity contribution is 5.70. The molecule has 0 aromatic carbocycles. The number of carbonyl (C=O) groups is 1. The zero-order chi connectivity index (χ0) is 23.3. The van der Waals surface area contributed by atoms with E-state index >= 15 is 0 Å². The van der Waals surface area contributed by atoms with Gasteiger partial charge in [0.25, 0.3) is 0 Å². The van der Waals surface area contributed by atoms with Gasteiger partial charge < -0.3 is 4.74 Å². The number of allylic oxidation sites excluding steroid dienone is 2. The van der Waals surface area contributed by atoms with Crippen LogP contribution in [0.2, 0.25) is 0 Å². The fourth-order valence-corrected chi connectivity index (χ4v) is 10.5. The first-order valence-corrected chi connectivity index (χ1v) is 13.7. The van der Waals surface area contributed by atoms with Gasteiger partial charge in [-0.05, 0) is 111 Å². The van der Waals surface area contributed by atoms with Crippen molar-refractivity contribution >= 4 is 5.97 Å². The minimum Gasteiger partial charge on any atom is -0.459 e. The molecule has 5 rings (SSSR count). The number of cyclic esters (lactones) is 1. The highest BCUT2D eigenvalue weighted by Gasteiger charge is 2.67. The molecule has 0 aromatic rings. The number of hydrogen-bond acceptors (Lipinski definition) is 2. The van der Waals surface area contributed by atoms with Crippen LogP contribution in [-0.2, 0) is 9.53 Å². The van der Waals surface area contributed by atoms with Gasteiger partial charge in [-0.1, -0.05) is 53.2 Å². The summed E-state index contributed by atoms with van der Waals surface area (Å²) >= 11 is 0. The number of esters is 1. The zero-order valence-corrected chi connectivity index (χ0v) is 22.1. The molecule has 1 heterocycles. The maximum absolute atomic E-state index is 12.5.